The van der Waals surface area contributed by atoms with Gasteiger partial charge in [-0.15, -0.1) is 0 Å². The fourth-order valence-electron chi connectivity index (χ4n) is 2.37. The number of ether oxygens (including phenoxy) is 2. The molecule has 2 aromatic carbocycles. The lowest BCUT2D eigenvalue weighted by molar-refractivity contribution is -0.115. The highest BCUT2D eigenvalue weighted by Crippen LogP contribution is 2.35. The molecule has 6 heteroatoms. The second kappa shape index (κ2) is 7.04. The second-order valence-corrected chi connectivity index (χ2v) is 5.41. The van der Waals surface area contributed by atoms with Gasteiger partial charge >= 0.3 is 0 Å². The van der Waals surface area contributed by atoms with E-state index in [1.165, 1.54) is 0 Å². The Morgan fingerprint density at radius 1 is 1.04 bits per heavy atom. The molecule has 1 heterocycles. The first-order valence-electron chi connectivity index (χ1n) is 7.67. The van der Waals surface area contributed by atoms with Crippen molar-refractivity contribution in [3.05, 3.63) is 53.6 Å². The highest BCUT2D eigenvalue weighted by atomic mass is 16.6. The van der Waals surface area contributed by atoms with Crippen LogP contribution in [0.1, 0.15) is 15.9 Å². The van der Waals surface area contributed by atoms with Crippen LogP contribution in [-0.4, -0.2) is 31.6 Å². The number of carbonyl (C=O) groups excluding carboxylic acids is 2. The van der Waals surface area contributed by atoms with Crippen molar-refractivity contribution < 1.29 is 19.1 Å². The molecule has 0 spiro atoms. The van der Waals surface area contributed by atoms with E-state index in [0.717, 1.165) is 5.56 Å². The maximum Gasteiger partial charge on any atom is 0.251 e. The van der Waals surface area contributed by atoms with E-state index in [0.29, 0.717) is 36.0 Å². The second-order valence-electron chi connectivity index (χ2n) is 5.41. The number of anilines is 1. The number of benzene rings is 2. The maximum atomic E-state index is 12.1. The first kappa shape index (κ1) is 15.9. The van der Waals surface area contributed by atoms with Crippen LogP contribution in [-0.2, 0) is 4.79 Å². The predicted molar refractivity (Wildman–Crippen MR) is 89.6 cm³/mol. The number of aryl methyl sites for hydroxylation is 1. The molecule has 0 bridgehead atoms. The van der Waals surface area contributed by atoms with Crippen molar-refractivity contribution in [2.24, 2.45) is 0 Å². The minimum atomic E-state index is -0.306. The molecule has 1 aliphatic heterocycles. The first-order chi connectivity index (χ1) is 11.6. The van der Waals surface area contributed by atoms with Crippen LogP contribution < -0.4 is 20.1 Å². The van der Waals surface area contributed by atoms with Crippen molar-refractivity contribution in [1.82, 2.24) is 5.32 Å². The largest absolute Gasteiger partial charge is 0.486 e. The molecule has 0 radical (unpaired) electrons. The number of hydrogen-bond acceptors (Lipinski definition) is 4. The molecule has 0 saturated carbocycles. The van der Waals surface area contributed by atoms with Crippen molar-refractivity contribution >= 4 is 17.5 Å². The Bertz CT molecular complexity index is 759. The van der Waals surface area contributed by atoms with Crippen LogP contribution in [0.15, 0.2) is 42.5 Å². The van der Waals surface area contributed by atoms with E-state index in [9.17, 15) is 9.59 Å². The summed E-state index contributed by atoms with van der Waals surface area (Å²) in [5.74, 6) is 0.688. The average Bonchev–Trinajstić information content (AvgIpc) is 2.61. The third-order valence-electron chi connectivity index (χ3n) is 3.61. The topological polar surface area (TPSA) is 76.7 Å². The molecule has 0 atom stereocenters. The summed E-state index contributed by atoms with van der Waals surface area (Å²) in [7, 11) is 0. The SMILES string of the molecule is Cc1cc2c(cc1NC(=O)CNC(=O)c1ccccc1)OCCO2. The molecule has 0 aromatic heterocycles. The van der Waals surface area contributed by atoms with E-state index in [1.807, 2.05) is 19.1 Å². The van der Waals surface area contributed by atoms with E-state index in [4.69, 9.17) is 9.47 Å². The van der Waals surface area contributed by atoms with E-state index in [-0.39, 0.29) is 18.4 Å². The van der Waals surface area contributed by atoms with Crippen molar-refractivity contribution in [1.29, 1.82) is 0 Å². The van der Waals surface area contributed by atoms with Gasteiger partial charge in [0.15, 0.2) is 11.5 Å². The number of carbonyl (C=O) groups is 2. The van der Waals surface area contributed by atoms with Gasteiger partial charge in [-0.25, -0.2) is 0 Å². The van der Waals surface area contributed by atoms with Gasteiger partial charge in [-0.1, -0.05) is 18.2 Å². The zero-order chi connectivity index (χ0) is 16.9. The van der Waals surface area contributed by atoms with Crippen molar-refractivity contribution in [3.8, 4) is 11.5 Å². The summed E-state index contributed by atoms with van der Waals surface area (Å²) in [6.45, 7) is 2.76. The number of nitrogens with one attached hydrogen (secondary N) is 2. The molecular formula is C18H18N2O4. The lowest BCUT2D eigenvalue weighted by Gasteiger charge is -2.20. The third kappa shape index (κ3) is 3.65. The predicted octanol–water partition coefficient (Wildman–Crippen LogP) is 2.13. The monoisotopic (exact) mass is 326 g/mol. The molecule has 124 valence electrons. The van der Waals surface area contributed by atoms with Gasteiger partial charge in [-0.3, -0.25) is 9.59 Å². The molecule has 1 aliphatic rings. The minimum absolute atomic E-state index is 0.110. The van der Waals surface area contributed by atoms with Crippen LogP contribution in [0.2, 0.25) is 0 Å². The molecule has 6 nitrogen and oxygen atoms in total. The van der Waals surface area contributed by atoms with Crippen LogP contribution in [0.3, 0.4) is 0 Å². The van der Waals surface area contributed by atoms with Crippen molar-refractivity contribution in [2.75, 3.05) is 25.1 Å². The highest BCUT2D eigenvalue weighted by Gasteiger charge is 2.15. The lowest BCUT2D eigenvalue weighted by Crippen LogP contribution is -2.33. The molecule has 3 rings (SSSR count). The van der Waals surface area contributed by atoms with E-state index in [1.54, 1.807) is 30.3 Å². The van der Waals surface area contributed by atoms with E-state index >= 15 is 0 Å². The molecule has 2 aromatic rings. The summed E-state index contributed by atoms with van der Waals surface area (Å²) in [6.07, 6.45) is 0. The Balaban J connectivity index is 1.60. The van der Waals surface area contributed by atoms with Gasteiger partial charge in [0.25, 0.3) is 5.91 Å². The first-order valence-corrected chi connectivity index (χ1v) is 7.67. The number of fused-ring (bicyclic) bond motifs is 1. The summed E-state index contributed by atoms with van der Waals surface area (Å²) in [6, 6.07) is 12.3. The highest BCUT2D eigenvalue weighted by molar-refractivity contribution is 5.99. The molecule has 2 N–H and O–H groups in total. The van der Waals surface area contributed by atoms with Crippen LogP contribution in [0.4, 0.5) is 5.69 Å². The Morgan fingerprint density at radius 2 is 1.71 bits per heavy atom. The van der Waals surface area contributed by atoms with Gasteiger partial charge in [0.2, 0.25) is 5.91 Å². The normalized spacial score (nSPS) is 12.4. The fraction of sp³-hybridized carbons (Fsp3) is 0.222. The Kier molecular flexibility index (Phi) is 4.65. The summed E-state index contributed by atoms with van der Waals surface area (Å²) in [5.41, 5.74) is 2.01. The zero-order valence-electron chi connectivity index (χ0n) is 13.3. The van der Waals surface area contributed by atoms with E-state index in [2.05, 4.69) is 10.6 Å². The smallest absolute Gasteiger partial charge is 0.251 e. The molecule has 0 fully saturated rings. The lowest BCUT2D eigenvalue weighted by atomic mass is 10.1. The van der Waals surface area contributed by atoms with Crippen molar-refractivity contribution in [2.45, 2.75) is 6.92 Å². The minimum Gasteiger partial charge on any atom is -0.486 e. The molecule has 0 aliphatic carbocycles. The number of amides is 2. The van der Waals surface area contributed by atoms with Gasteiger partial charge in [0, 0.05) is 17.3 Å². The van der Waals surface area contributed by atoms with Crippen LogP contribution in [0.5, 0.6) is 11.5 Å². The third-order valence-corrected chi connectivity index (χ3v) is 3.61. The molecule has 2 amide bonds. The summed E-state index contributed by atoms with van der Waals surface area (Å²) in [4.78, 5) is 24.0. The molecule has 24 heavy (non-hydrogen) atoms. The van der Waals surface area contributed by atoms with Crippen LogP contribution in [0.25, 0.3) is 0 Å². The average molecular weight is 326 g/mol. The standard InChI is InChI=1S/C18H18N2O4/c1-12-9-15-16(24-8-7-23-15)10-14(12)20-17(21)11-19-18(22)13-5-3-2-4-6-13/h2-6,9-10H,7-8,11H2,1H3,(H,19,22)(H,20,21). The molecule has 0 unspecified atom stereocenters. The Morgan fingerprint density at radius 3 is 2.42 bits per heavy atom. The zero-order valence-corrected chi connectivity index (χ0v) is 13.3. The van der Waals surface area contributed by atoms with Gasteiger partial charge in [-0.05, 0) is 30.7 Å². The molecule has 0 saturated heterocycles. The summed E-state index contributed by atoms with van der Waals surface area (Å²) < 4.78 is 11.0. The van der Waals surface area contributed by atoms with Gasteiger partial charge in [0.1, 0.15) is 13.2 Å². The quantitative estimate of drug-likeness (QED) is 0.902. The maximum absolute atomic E-state index is 12.1. The number of hydrogen-bond donors (Lipinski definition) is 2. The molecular weight excluding hydrogens is 308 g/mol. The fourth-order valence-corrected chi connectivity index (χ4v) is 2.37. The van der Waals surface area contributed by atoms with Crippen LogP contribution >= 0.6 is 0 Å². The Hall–Kier alpha value is -3.02. The number of rotatable bonds is 4. The van der Waals surface area contributed by atoms with Gasteiger partial charge < -0.3 is 20.1 Å². The summed E-state index contributed by atoms with van der Waals surface area (Å²) >= 11 is 0. The van der Waals surface area contributed by atoms with Crippen LogP contribution in [0, 0.1) is 6.92 Å². The van der Waals surface area contributed by atoms with E-state index < -0.39 is 0 Å². The van der Waals surface area contributed by atoms with Gasteiger partial charge in [-0.2, -0.15) is 0 Å². The Labute approximate surface area is 139 Å². The van der Waals surface area contributed by atoms with Crippen molar-refractivity contribution in [3.63, 3.8) is 0 Å². The summed E-state index contributed by atoms with van der Waals surface area (Å²) in [5, 5.41) is 5.37. The van der Waals surface area contributed by atoms with Gasteiger partial charge in [0.05, 0.1) is 6.54 Å².